The van der Waals surface area contributed by atoms with Gasteiger partial charge in [-0.05, 0) is 61.3 Å². The minimum Gasteiger partial charge on any atom is -0.492 e. The molecule has 1 unspecified atom stereocenters. The van der Waals surface area contributed by atoms with E-state index in [1.807, 2.05) is 18.2 Å². The SMILES string of the molecule is C1=C(c2ccccc2)C(c2ccc(OCCN3CCCC3)cc2)Oc2ccccc21. The third-order valence-corrected chi connectivity index (χ3v) is 5.92. The Hall–Kier alpha value is -3.04. The Labute approximate surface area is 178 Å². The Balaban J connectivity index is 1.35. The Morgan fingerprint density at radius 3 is 2.37 bits per heavy atom. The third-order valence-electron chi connectivity index (χ3n) is 5.92. The van der Waals surface area contributed by atoms with Crippen LogP contribution in [0.4, 0.5) is 0 Å². The van der Waals surface area contributed by atoms with Crippen molar-refractivity contribution in [2.24, 2.45) is 0 Å². The van der Waals surface area contributed by atoms with E-state index in [1.165, 1.54) is 37.1 Å². The number of para-hydroxylation sites is 1. The smallest absolute Gasteiger partial charge is 0.149 e. The highest BCUT2D eigenvalue weighted by Gasteiger charge is 2.25. The summed E-state index contributed by atoms with van der Waals surface area (Å²) in [6, 6.07) is 27.1. The quantitative estimate of drug-likeness (QED) is 0.522. The summed E-state index contributed by atoms with van der Waals surface area (Å²) in [5.41, 5.74) is 4.61. The zero-order valence-corrected chi connectivity index (χ0v) is 17.2. The van der Waals surface area contributed by atoms with E-state index in [-0.39, 0.29) is 6.10 Å². The summed E-state index contributed by atoms with van der Waals surface area (Å²) in [5, 5.41) is 0. The molecule has 2 aliphatic rings. The van der Waals surface area contributed by atoms with Gasteiger partial charge in [0, 0.05) is 17.7 Å². The summed E-state index contributed by atoms with van der Waals surface area (Å²) in [5.74, 6) is 1.84. The van der Waals surface area contributed by atoms with Crippen molar-refractivity contribution in [3.05, 3.63) is 95.6 Å². The summed E-state index contributed by atoms with van der Waals surface area (Å²) >= 11 is 0. The van der Waals surface area contributed by atoms with Crippen LogP contribution < -0.4 is 9.47 Å². The molecule has 0 aromatic heterocycles. The molecule has 1 fully saturated rings. The number of hydrogen-bond acceptors (Lipinski definition) is 3. The second-order valence-corrected chi connectivity index (χ2v) is 7.97. The van der Waals surface area contributed by atoms with E-state index in [9.17, 15) is 0 Å². The molecule has 0 saturated carbocycles. The van der Waals surface area contributed by atoms with E-state index in [4.69, 9.17) is 9.47 Å². The van der Waals surface area contributed by atoms with Gasteiger partial charge in [0.1, 0.15) is 24.2 Å². The number of benzene rings is 3. The molecule has 0 spiro atoms. The molecule has 2 heterocycles. The van der Waals surface area contributed by atoms with Crippen molar-refractivity contribution in [3.63, 3.8) is 0 Å². The average Bonchev–Trinajstić information content (AvgIpc) is 3.33. The van der Waals surface area contributed by atoms with E-state index >= 15 is 0 Å². The minimum absolute atomic E-state index is 0.138. The molecule has 1 atom stereocenters. The molecule has 2 aliphatic heterocycles. The summed E-state index contributed by atoms with van der Waals surface area (Å²) in [4.78, 5) is 2.47. The predicted octanol–water partition coefficient (Wildman–Crippen LogP) is 5.84. The Bertz CT molecular complexity index is 1000. The van der Waals surface area contributed by atoms with E-state index in [1.54, 1.807) is 0 Å². The Morgan fingerprint density at radius 1 is 0.833 bits per heavy atom. The molecule has 0 radical (unpaired) electrons. The van der Waals surface area contributed by atoms with Gasteiger partial charge in [0.15, 0.2) is 0 Å². The van der Waals surface area contributed by atoms with E-state index in [2.05, 4.69) is 71.6 Å². The molecule has 152 valence electrons. The molecule has 5 rings (SSSR count). The van der Waals surface area contributed by atoms with Gasteiger partial charge < -0.3 is 9.47 Å². The third kappa shape index (κ3) is 4.12. The highest BCUT2D eigenvalue weighted by Crippen LogP contribution is 2.42. The lowest BCUT2D eigenvalue weighted by Crippen LogP contribution is -2.25. The summed E-state index contributed by atoms with van der Waals surface area (Å²) in [7, 11) is 0. The molecular weight excluding hydrogens is 370 g/mol. The maximum Gasteiger partial charge on any atom is 0.149 e. The summed E-state index contributed by atoms with van der Waals surface area (Å²) in [6.45, 7) is 4.15. The van der Waals surface area contributed by atoms with Crippen molar-refractivity contribution < 1.29 is 9.47 Å². The van der Waals surface area contributed by atoms with Crippen LogP contribution in [0.2, 0.25) is 0 Å². The molecule has 0 aliphatic carbocycles. The topological polar surface area (TPSA) is 21.7 Å². The van der Waals surface area contributed by atoms with Crippen LogP contribution in [0.5, 0.6) is 11.5 Å². The first kappa shape index (κ1) is 19.0. The lowest BCUT2D eigenvalue weighted by atomic mass is 9.91. The normalized spacial score (nSPS) is 18.4. The molecule has 3 heteroatoms. The standard InChI is InChI=1S/C27H27NO2/c1-2-8-21(9-3-1)25-20-23-10-4-5-11-26(23)30-27(25)22-12-14-24(15-13-22)29-19-18-28-16-6-7-17-28/h1-5,8-15,20,27H,6-7,16-19H2. The number of fused-ring (bicyclic) bond motifs is 1. The molecule has 0 amide bonds. The molecule has 30 heavy (non-hydrogen) atoms. The van der Waals surface area contributed by atoms with E-state index in [0.29, 0.717) is 0 Å². The van der Waals surface area contributed by atoms with Gasteiger partial charge in [0.25, 0.3) is 0 Å². The van der Waals surface area contributed by atoms with Crippen molar-refractivity contribution >= 4 is 11.6 Å². The zero-order valence-electron chi connectivity index (χ0n) is 17.2. The van der Waals surface area contributed by atoms with Gasteiger partial charge in [-0.2, -0.15) is 0 Å². The first-order valence-electron chi connectivity index (χ1n) is 10.8. The average molecular weight is 398 g/mol. The monoisotopic (exact) mass is 397 g/mol. The number of nitrogens with zero attached hydrogens (tertiary/aromatic N) is 1. The highest BCUT2D eigenvalue weighted by atomic mass is 16.5. The molecule has 3 aromatic carbocycles. The van der Waals surface area contributed by atoms with Gasteiger partial charge >= 0.3 is 0 Å². The molecule has 3 nitrogen and oxygen atoms in total. The second-order valence-electron chi connectivity index (χ2n) is 7.97. The molecule has 3 aromatic rings. The molecule has 1 saturated heterocycles. The van der Waals surface area contributed by atoms with E-state index in [0.717, 1.165) is 35.8 Å². The van der Waals surface area contributed by atoms with Crippen molar-refractivity contribution in [2.45, 2.75) is 18.9 Å². The first-order chi connectivity index (χ1) is 14.9. The van der Waals surface area contributed by atoms with Crippen LogP contribution in [0.25, 0.3) is 11.6 Å². The fraction of sp³-hybridized carbons (Fsp3) is 0.259. The fourth-order valence-electron chi connectivity index (χ4n) is 4.29. The van der Waals surface area contributed by atoms with Crippen LogP contribution >= 0.6 is 0 Å². The number of ether oxygens (including phenoxy) is 2. The maximum absolute atomic E-state index is 6.46. The van der Waals surface area contributed by atoms with Crippen LogP contribution in [-0.4, -0.2) is 31.1 Å². The summed E-state index contributed by atoms with van der Waals surface area (Å²) in [6.07, 6.45) is 4.74. The van der Waals surface area contributed by atoms with Gasteiger partial charge in [0.2, 0.25) is 0 Å². The largest absolute Gasteiger partial charge is 0.492 e. The lowest BCUT2D eigenvalue weighted by molar-refractivity contribution is 0.237. The van der Waals surface area contributed by atoms with Crippen LogP contribution in [0, 0.1) is 0 Å². The van der Waals surface area contributed by atoms with Crippen LogP contribution in [0.1, 0.15) is 35.6 Å². The van der Waals surface area contributed by atoms with Crippen LogP contribution in [0.15, 0.2) is 78.9 Å². The second kappa shape index (κ2) is 8.76. The van der Waals surface area contributed by atoms with E-state index < -0.39 is 0 Å². The van der Waals surface area contributed by atoms with Crippen molar-refractivity contribution in [3.8, 4) is 11.5 Å². The van der Waals surface area contributed by atoms with Crippen LogP contribution in [-0.2, 0) is 0 Å². The predicted molar refractivity (Wildman–Crippen MR) is 122 cm³/mol. The van der Waals surface area contributed by atoms with Gasteiger partial charge in [-0.25, -0.2) is 0 Å². The minimum atomic E-state index is -0.138. The van der Waals surface area contributed by atoms with Gasteiger partial charge in [-0.1, -0.05) is 60.7 Å². The zero-order chi connectivity index (χ0) is 20.2. The molecular formula is C27H27NO2. The number of hydrogen-bond donors (Lipinski definition) is 0. The molecule has 0 N–H and O–H groups in total. The van der Waals surface area contributed by atoms with Gasteiger partial charge in [0.05, 0.1) is 0 Å². The summed E-state index contributed by atoms with van der Waals surface area (Å²) < 4.78 is 12.4. The highest BCUT2D eigenvalue weighted by molar-refractivity contribution is 5.87. The molecule has 0 bridgehead atoms. The van der Waals surface area contributed by atoms with Crippen molar-refractivity contribution in [2.75, 3.05) is 26.2 Å². The fourth-order valence-corrected chi connectivity index (χ4v) is 4.29. The lowest BCUT2D eigenvalue weighted by Gasteiger charge is -2.28. The van der Waals surface area contributed by atoms with Crippen molar-refractivity contribution in [1.29, 1.82) is 0 Å². The number of likely N-dealkylation sites (tertiary alicyclic amines) is 1. The number of rotatable bonds is 6. The first-order valence-corrected chi connectivity index (χ1v) is 10.8. The Morgan fingerprint density at radius 2 is 1.57 bits per heavy atom. The van der Waals surface area contributed by atoms with Gasteiger partial charge in [-0.15, -0.1) is 0 Å². The van der Waals surface area contributed by atoms with Crippen LogP contribution in [0.3, 0.4) is 0 Å². The van der Waals surface area contributed by atoms with Crippen molar-refractivity contribution in [1.82, 2.24) is 4.90 Å². The van der Waals surface area contributed by atoms with Gasteiger partial charge in [-0.3, -0.25) is 4.90 Å². The maximum atomic E-state index is 6.46. The Kier molecular flexibility index (Phi) is 5.54.